The van der Waals surface area contributed by atoms with Gasteiger partial charge in [-0.2, -0.15) is 0 Å². The first-order chi connectivity index (χ1) is 13.4. The summed E-state index contributed by atoms with van der Waals surface area (Å²) in [5, 5.41) is 0.810. The lowest BCUT2D eigenvalue weighted by molar-refractivity contribution is -0.117. The van der Waals surface area contributed by atoms with E-state index in [1.54, 1.807) is 22.6 Å². The number of hydrogen-bond acceptors (Lipinski definition) is 4. The highest BCUT2D eigenvalue weighted by Crippen LogP contribution is 2.25. The number of hydrogen-bond donors (Lipinski definition) is 0. The molecule has 28 heavy (non-hydrogen) atoms. The Kier molecular flexibility index (Phi) is 6.19. The van der Waals surface area contributed by atoms with Gasteiger partial charge >= 0.3 is 0 Å². The summed E-state index contributed by atoms with van der Waals surface area (Å²) in [5.41, 5.74) is 1.44. The minimum Gasteiger partial charge on any atom is -0.315 e. The average Bonchev–Trinajstić information content (AvgIpc) is 2.70. The van der Waals surface area contributed by atoms with Crippen molar-refractivity contribution in [2.24, 2.45) is 5.92 Å². The zero-order chi connectivity index (χ0) is 20.3. The fourth-order valence-electron chi connectivity index (χ4n) is 3.02. The van der Waals surface area contributed by atoms with Gasteiger partial charge < -0.3 is 4.90 Å². The van der Waals surface area contributed by atoms with Gasteiger partial charge in [-0.3, -0.25) is 14.2 Å². The van der Waals surface area contributed by atoms with E-state index in [0.717, 1.165) is 5.69 Å². The van der Waals surface area contributed by atoms with E-state index in [1.807, 2.05) is 55.5 Å². The molecule has 0 aliphatic heterocycles. The topological polar surface area (TPSA) is 55.2 Å². The van der Waals surface area contributed by atoms with Gasteiger partial charge in [0.15, 0.2) is 5.16 Å². The van der Waals surface area contributed by atoms with Crippen LogP contribution in [-0.2, 0) is 11.3 Å². The molecule has 1 atom stereocenters. The number of anilines is 1. The quantitative estimate of drug-likeness (QED) is 0.464. The molecule has 1 heterocycles. The molecule has 5 nitrogen and oxygen atoms in total. The van der Waals surface area contributed by atoms with Crippen LogP contribution in [0.5, 0.6) is 0 Å². The summed E-state index contributed by atoms with van der Waals surface area (Å²) in [6.07, 6.45) is 0. The summed E-state index contributed by atoms with van der Waals surface area (Å²) >= 11 is 1.33. The van der Waals surface area contributed by atoms with E-state index in [4.69, 9.17) is 4.98 Å². The SMILES string of the molecule is CC(C)Cn1c(S[C@@H](C)C(=O)N(C)c2ccccc2)nc2ccccc2c1=O. The van der Waals surface area contributed by atoms with Gasteiger partial charge in [-0.1, -0.05) is 55.9 Å². The normalized spacial score (nSPS) is 12.3. The van der Waals surface area contributed by atoms with E-state index in [9.17, 15) is 9.59 Å². The summed E-state index contributed by atoms with van der Waals surface area (Å²) in [4.78, 5) is 32.3. The van der Waals surface area contributed by atoms with Crippen molar-refractivity contribution in [1.29, 1.82) is 0 Å². The Balaban J connectivity index is 1.94. The van der Waals surface area contributed by atoms with E-state index in [-0.39, 0.29) is 22.6 Å². The number of thioether (sulfide) groups is 1. The van der Waals surface area contributed by atoms with Gasteiger partial charge in [0, 0.05) is 19.3 Å². The van der Waals surface area contributed by atoms with Crippen LogP contribution in [0.3, 0.4) is 0 Å². The monoisotopic (exact) mass is 395 g/mol. The lowest BCUT2D eigenvalue weighted by atomic mass is 10.2. The molecule has 6 heteroatoms. The molecule has 146 valence electrons. The second kappa shape index (κ2) is 8.61. The number of rotatable bonds is 6. The van der Waals surface area contributed by atoms with Crippen molar-refractivity contribution in [1.82, 2.24) is 9.55 Å². The molecule has 0 radical (unpaired) electrons. The molecule has 3 rings (SSSR count). The Labute approximate surface area is 169 Å². The van der Waals surface area contributed by atoms with Gasteiger partial charge in [0.1, 0.15) is 0 Å². The first-order valence-corrected chi connectivity index (χ1v) is 10.2. The lowest BCUT2D eigenvalue weighted by Gasteiger charge is -2.22. The molecule has 0 saturated heterocycles. The van der Waals surface area contributed by atoms with E-state index in [1.165, 1.54) is 11.8 Å². The van der Waals surface area contributed by atoms with Crippen LogP contribution in [0.15, 0.2) is 64.5 Å². The van der Waals surface area contributed by atoms with Crippen LogP contribution >= 0.6 is 11.8 Å². The highest BCUT2D eigenvalue weighted by Gasteiger charge is 2.23. The van der Waals surface area contributed by atoms with Crippen molar-refractivity contribution in [3.05, 3.63) is 65.0 Å². The van der Waals surface area contributed by atoms with Gasteiger partial charge in [0.25, 0.3) is 5.56 Å². The molecule has 0 fully saturated rings. The van der Waals surface area contributed by atoms with Gasteiger partial charge in [0.05, 0.1) is 16.2 Å². The van der Waals surface area contributed by atoms with Crippen LogP contribution in [0.25, 0.3) is 10.9 Å². The number of carbonyl (C=O) groups is 1. The Hall–Kier alpha value is -2.60. The zero-order valence-electron chi connectivity index (χ0n) is 16.6. The lowest BCUT2D eigenvalue weighted by Crippen LogP contribution is -2.34. The minimum atomic E-state index is -0.378. The predicted molar refractivity (Wildman–Crippen MR) is 116 cm³/mol. The molecule has 0 aliphatic rings. The maximum atomic E-state index is 13.0. The fourth-order valence-corrected chi connectivity index (χ4v) is 4.03. The van der Waals surface area contributed by atoms with E-state index in [0.29, 0.717) is 22.6 Å². The predicted octanol–water partition coefficient (Wildman–Crippen LogP) is 4.20. The Morgan fingerprint density at radius 2 is 1.71 bits per heavy atom. The number of amides is 1. The van der Waals surface area contributed by atoms with E-state index in [2.05, 4.69) is 13.8 Å². The van der Waals surface area contributed by atoms with Crippen molar-refractivity contribution < 1.29 is 4.79 Å². The van der Waals surface area contributed by atoms with Crippen molar-refractivity contribution in [2.45, 2.75) is 37.7 Å². The highest BCUT2D eigenvalue weighted by molar-refractivity contribution is 8.00. The Bertz CT molecular complexity index is 1030. The number of carbonyl (C=O) groups excluding carboxylic acids is 1. The highest BCUT2D eigenvalue weighted by atomic mass is 32.2. The Morgan fingerprint density at radius 3 is 2.39 bits per heavy atom. The van der Waals surface area contributed by atoms with Crippen LogP contribution in [0.1, 0.15) is 20.8 Å². The molecular formula is C22H25N3O2S. The molecule has 3 aromatic rings. The molecule has 0 unspecified atom stereocenters. The van der Waals surface area contributed by atoms with Gasteiger partial charge in [-0.15, -0.1) is 0 Å². The van der Waals surface area contributed by atoms with Crippen molar-refractivity contribution in [2.75, 3.05) is 11.9 Å². The maximum absolute atomic E-state index is 13.0. The summed E-state index contributed by atoms with van der Waals surface area (Å²) < 4.78 is 1.70. The molecule has 1 amide bonds. The van der Waals surface area contributed by atoms with Gasteiger partial charge in [-0.25, -0.2) is 4.98 Å². The third-order valence-electron chi connectivity index (χ3n) is 4.48. The maximum Gasteiger partial charge on any atom is 0.262 e. The van der Waals surface area contributed by atoms with Crippen LogP contribution in [0.4, 0.5) is 5.69 Å². The average molecular weight is 396 g/mol. The second-order valence-electron chi connectivity index (χ2n) is 7.21. The molecule has 0 bridgehead atoms. The summed E-state index contributed by atoms with van der Waals surface area (Å²) in [7, 11) is 1.77. The fraction of sp³-hybridized carbons (Fsp3) is 0.318. The third-order valence-corrected chi connectivity index (χ3v) is 5.56. The van der Waals surface area contributed by atoms with Crippen molar-refractivity contribution in [3.8, 4) is 0 Å². The van der Waals surface area contributed by atoms with Crippen LogP contribution < -0.4 is 10.5 Å². The van der Waals surface area contributed by atoms with Crippen LogP contribution in [-0.4, -0.2) is 27.8 Å². The number of fused-ring (bicyclic) bond motifs is 1. The largest absolute Gasteiger partial charge is 0.315 e. The molecule has 2 aromatic carbocycles. The van der Waals surface area contributed by atoms with Gasteiger partial charge in [0.2, 0.25) is 5.91 Å². The molecule has 0 saturated carbocycles. The first kappa shape index (κ1) is 20.1. The number of aromatic nitrogens is 2. The van der Waals surface area contributed by atoms with E-state index >= 15 is 0 Å². The molecule has 0 aliphatic carbocycles. The number of nitrogens with zero attached hydrogens (tertiary/aromatic N) is 3. The molecule has 0 spiro atoms. The molecular weight excluding hydrogens is 370 g/mol. The summed E-state index contributed by atoms with van der Waals surface area (Å²) in [5.74, 6) is 0.257. The number of para-hydroxylation sites is 2. The van der Waals surface area contributed by atoms with Crippen molar-refractivity contribution >= 4 is 34.3 Å². The minimum absolute atomic E-state index is 0.0327. The number of benzene rings is 2. The second-order valence-corrected chi connectivity index (χ2v) is 8.52. The summed E-state index contributed by atoms with van der Waals surface area (Å²) in [6, 6.07) is 16.9. The Morgan fingerprint density at radius 1 is 1.07 bits per heavy atom. The molecule has 1 aromatic heterocycles. The standard InChI is InChI=1S/C22H25N3O2S/c1-15(2)14-25-21(27)18-12-8-9-13-19(18)23-22(25)28-16(3)20(26)24(4)17-10-6-5-7-11-17/h5-13,15-16H,14H2,1-4H3/t16-/m0/s1. The molecule has 0 N–H and O–H groups in total. The third kappa shape index (κ3) is 4.28. The van der Waals surface area contributed by atoms with Gasteiger partial charge in [-0.05, 0) is 37.1 Å². The summed E-state index contributed by atoms with van der Waals surface area (Å²) in [6.45, 7) is 6.55. The zero-order valence-corrected chi connectivity index (χ0v) is 17.4. The smallest absolute Gasteiger partial charge is 0.262 e. The van der Waals surface area contributed by atoms with Crippen LogP contribution in [0, 0.1) is 5.92 Å². The van der Waals surface area contributed by atoms with E-state index < -0.39 is 0 Å². The first-order valence-electron chi connectivity index (χ1n) is 9.37. The van der Waals surface area contributed by atoms with Crippen LogP contribution in [0.2, 0.25) is 0 Å². The van der Waals surface area contributed by atoms with Crippen molar-refractivity contribution in [3.63, 3.8) is 0 Å².